The second-order valence-electron chi connectivity index (χ2n) is 7.63. The number of ether oxygens (including phenoxy) is 1. The van der Waals surface area contributed by atoms with E-state index in [1.54, 1.807) is 31.2 Å². The molecule has 1 aromatic heterocycles. The summed E-state index contributed by atoms with van der Waals surface area (Å²) >= 11 is 0. The molecule has 4 rings (SSSR count). The third-order valence-corrected chi connectivity index (χ3v) is 5.35. The lowest BCUT2D eigenvalue weighted by molar-refractivity contribution is 0.0953. The summed E-state index contributed by atoms with van der Waals surface area (Å²) in [5.41, 5.74) is 5.51. The van der Waals surface area contributed by atoms with Gasteiger partial charge in [-0.2, -0.15) is 5.10 Å². The highest BCUT2D eigenvalue weighted by atomic mass is 19.1. The van der Waals surface area contributed by atoms with Crippen LogP contribution in [0.25, 0.3) is 0 Å². The van der Waals surface area contributed by atoms with E-state index in [4.69, 9.17) is 9.15 Å². The quantitative estimate of drug-likeness (QED) is 0.526. The summed E-state index contributed by atoms with van der Waals surface area (Å²) in [6, 6.07) is 12.3. The first-order chi connectivity index (χ1) is 16.0. The topological polar surface area (TPSA) is 92.9 Å². The maximum atomic E-state index is 13.1. The number of aryl methyl sites for hydroxylation is 1. The van der Waals surface area contributed by atoms with Crippen LogP contribution in [-0.4, -0.2) is 24.1 Å². The van der Waals surface area contributed by atoms with Crippen LogP contribution in [0.2, 0.25) is 0 Å². The normalized spacial score (nSPS) is 14.0. The molecule has 2 N–H and O–H groups in total. The zero-order chi connectivity index (χ0) is 23.4. The van der Waals surface area contributed by atoms with Gasteiger partial charge in [0.15, 0.2) is 5.76 Å². The zero-order valence-corrected chi connectivity index (χ0v) is 18.4. The summed E-state index contributed by atoms with van der Waals surface area (Å²) in [6.45, 7) is 4.28. The van der Waals surface area contributed by atoms with Crippen molar-refractivity contribution < 1.29 is 23.1 Å². The number of nitrogens with zero attached hydrogens (tertiary/aromatic N) is 1. The van der Waals surface area contributed by atoms with E-state index in [0.29, 0.717) is 47.7 Å². The Hall–Kier alpha value is -3.94. The van der Waals surface area contributed by atoms with Crippen LogP contribution in [-0.2, 0) is 6.42 Å². The molecule has 0 unspecified atom stereocenters. The number of hydrogen-bond donors (Lipinski definition) is 2. The van der Waals surface area contributed by atoms with Gasteiger partial charge in [0, 0.05) is 28.8 Å². The summed E-state index contributed by atoms with van der Waals surface area (Å²) < 4.78 is 24.4. The second kappa shape index (κ2) is 9.68. The number of benzene rings is 2. The molecule has 7 nitrogen and oxygen atoms in total. The van der Waals surface area contributed by atoms with E-state index in [-0.39, 0.29) is 11.7 Å². The lowest BCUT2D eigenvalue weighted by Crippen LogP contribution is -2.22. The fraction of sp³-hybridized carbons (Fsp3) is 0.240. The van der Waals surface area contributed by atoms with E-state index in [1.165, 1.54) is 24.3 Å². The van der Waals surface area contributed by atoms with Gasteiger partial charge in [0.1, 0.15) is 17.3 Å². The fourth-order valence-electron chi connectivity index (χ4n) is 3.77. The van der Waals surface area contributed by atoms with Crippen molar-refractivity contribution in [2.75, 3.05) is 11.9 Å². The number of hydrogen-bond acceptors (Lipinski definition) is 5. The van der Waals surface area contributed by atoms with E-state index in [9.17, 15) is 14.0 Å². The van der Waals surface area contributed by atoms with Crippen LogP contribution < -0.4 is 15.5 Å². The van der Waals surface area contributed by atoms with Gasteiger partial charge in [-0.3, -0.25) is 9.59 Å². The van der Waals surface area contributed by atoms with Crippen LogP contribution >= 0.6 is 0 Å². The molecule has 8 heteroatoms. The van der Waals surface area contributed by atoms with Gasteiger partial charge < -0.3 is 14.5 Å². The third kappa shape index (κ3) is 4.95. The van der Waals surface area contributed by atoms with Crippen LogP contribution in [0.1, 0.15) is 57.6 Å². The Bertz CT molecular complexity index is 1200. The molecule has 0 spiro atoms. The Morgan fingerprint density at radius 2 is 1.79 bits per heavy atom. The van der Waals surface area contributed by atoms with Crippen molar-refractivity contribution in [1.29, 1.82) is 0 Å². The average Bonchev–Trinajstić information content (AvgIpc) is 3.16. The van der Waals surface area contributed by atoms with Gasteiger partial charge in [-0.25, -0.2) is 9.82 Å². The highest BCUT2D eigenvalue weighted by molar-refractivity contribution is 6.09. The molecule has 2 amide bonds. The van der Waals surface area contributed by atoms with Gasteiger partial charge in [0.2, 0.25) is 0 Å². The van der Waals surface area contributed by atoms with Gasteiger partial charge in [-0.1, -0.05) is 0 Å². The molecule has 0 fully saturated rings. The maximum Gasteiger partial charge on any atom is 0.291 e. The van der Waals surface area contributed by atoms with E-state index in [2.05, 4.69) is 15.8 Å². The zero-order valence-electron chi connectivity index (χ0n) is 18.4. The molecule has 1 aliphatic rings. The van der Waals surface area contributed by atoms with Crippen molar-refractivity contribution in [1.82, 2.24) is 5.43 Å². The first-order valence-electron chi connectivity index (χ1n) is 10.8. The first-order valence-corrected chi connectivity index (χ1v) is 10.8. The number of anilines is 1. The molecular weight excluding hydrogens is 425 g/mol. The molecule has 33 heavy (non-hydrogen) atoms. The predicted octanol–water partition coefficient (Wildman–Crippen LogP) is 4.85. The standard InChI is InChI=1S/C25H24FN3O4/c1-3-32-19-13-11-18(12-14-19)27-25(31)23-15(2)22-20(5-4-6-21(22)33-23)28-29-24(30)16-7-9-17(26)10-8-16/h7-14H,3-6H2,1-2H3,(H,27,31)(H,29,30)/b28-20+. The van der Waals surface area contributed by atoms with Gasteiger partial charge in [-0.15, -0.1) is 0 Å². The van der Waals surface area contributed by atoms with E-state index < -0.39 is 11.7 Å². The van der Waals surface area contributed by atoms with E-state index >= 15 is 0 Å². The first kappa shape index (κ1) is 22.3. The second-order valence-corrected chi connectivity index (χ2v) is 7.63. The molecule has 170 valence electrons. The molecule has 3 aromatic rings. The van der Waals surface area contributed by atoms with Crippen molar-refractivity contribution in [3.8, 4) is 5.75 Å². The minimum absolute atomic E-state index is 0.216. The van der Waals surface area contributed by atoms with Crippen LogP contribution in [0.3, 0.4) is 0 Å². The van der Waals surface area contributed by atoms with Gasteiger partial charge in [0.25, 0.3) is 11.8 Å². The number of carbonyl (C=O) groups is 2. The summed E-state index contributed by atoms with van der Waals surface area (Å²) in [7, 11) is 0. The number of furan rings is 1. The molecular formula is C25H24FN3O4. The Morgan fingerprint density at radius 1 is 1.06 bits per heavy atom. The Morgan fingerprint density at radius 3 is 2.48 bits per heavy atom. The lowest BCUT2D eigenvalue weighted by atomic mass is 9.93. The van der Waals surface area contributed by atoms with E-state index in [1.807, 2.05) is 6.92 Å². The number of fused-ring (bicyclic) bond motifs is 1. The van der Waals surface area contributed by atoms with Gasteiger partial charge >= 0.3 is 0 Å². The van der Waals surface area contributed by atoms with Crippen LogP contribution in [0.4, 0.5) is 10.1 Å². The van der Waals surface area contributed by atoms with Crippen LogP contribution in [0.5, 0.6) is 5.75 Å². The SMILES string of the molecule is CCOc1ccc(NC(=O)c2oc3c(c2C)/C(=N/NC(=O)c2ccc(F)cc2)CCC3)cc1. The Labute approximate surface area is 190 Å². The van der Waals surface area contributed by atoms with Crippen molar-refractivity contribution in [2.24, 2.45) is 5.10 Å². The summed E-state index contributed by atoms with van der Waals surface area (Å²) in [5.74, 6) is 0.396. The molecule has 0 atom stereocenters. The van der Waals surface area contributed by atoms with Crippen LogP contribution in [0.15, 0.2) is 58.0 Å². The Kier molecular flexibility index (Phi) is 6.53. The molecule has 1 heterocycles. The number of rotatable bonds is 6. The molecule has 0 saturated heterocycles. The molecule has 0 radical (unpaired) electrons. The number of amides is 2. The number of nitrogens with one attached hydrogen (secondary N) is 2. The maximum absolute atomic E-state index is 13.1. The van der Waals surface area contributed by atoms with Crippen molar-refractivity contribution in [2.45, 2.75) is 33.1 Å². The summed E-state index contributed by atoms with van der Waals surface area (Å²) in [4.78, 5) is 25.2. The van der Waals surface area contributed by atoms with Gasteiger partial charge in [-0.05, 0) is 75.2 Å². The van der Waals surface area contributed by atoms with E-state index in [0.717, 1.165) is 17.7 Å². The van der Waals surface area contributed by atoms with Crippen LogP contribution in [0, 0.1) is 12.7 Å². The monoisotopic (exact) mass is 449 g/mol. The summed E-state index contributed by atoms with van der Waals surface area (Å²) in [6.07, 6.45) is 2.10. The molecule has 0 saturated carbocycles. The van der Waals surface area contributed by atoms with Gasteiger partial charge in [0.05, 0.1) is 12.3 Å². The highest BCUT2D eigenvalue weighted by Gasteiger charge is 2.28. The molecule has 0 bridgehead atoms. The Balaban J connectivity index is 1.52. The molecule has 1 aliphatic carbocycles. The number of hydrazone groups is 1. The minimum atomic E-state index is -0.441. The highest BCUT2D eigenvalue weighted by Crippen LogP contribution is 2.30. The smallest absolute Gasteiger partial charge is 0.291 e. The van der Waals surface area contributed by atoms with Crippen molar-refractivity contribution >= 4 is 23.2 Å². The third-order valence-electron chi connectivity index (χ3n) is 5.35. The number of halogens is 1. The fourth-order valence-corrected chi connectivity index (χ4v) is 3.77. The minimum Gasteiger partial charge on any atom is -0.494 e. The van der Waals surface area contributed by atoms with Crippen molar-refractivity contribution in [3.05, 3.63) is 82.6 Å². The molecule has 0 aliphatic heterocycles. The number of carbonyl (C=O) groups excluding carboxylic acids is 2. The van der Waals surface area contributed by atoms with Crippen molar-refractivity contribution in [3.63, 3.8) is 0 Å². The molecule has 2 aromatic carbocycles. The predicted molar refractivity (Wildman–Crippen MR) is 122 cm³/mol. The largest absolute Gasteiger partial charge is 0.494 e. The lowest BCUT2D eigenvalue weighted by Gasteiger charge is -2.13. The average molecular weight is 449 g/mol. The summed E-state index contributed by atoms with van der Waals surface area (Å²) in [5, 5.41) is 7.13.